The molecule has 0 spiro atoms. The molecule has 0 radical (unpaired) electrons. The average Bonchev–Trinajstić information content (AvgIpc) is 2.92. The molecular formula is C13H14N2O3. The molecule has 0 saturated heterocycles. The molecule has 2 aromatic heterocycles. The fourth-order valence-electron chi connectivity index (χ4n) is 2.23. The van der Waals surface area contributed by atoms with Gasteiger partial charge in [0.05, 0.1) is 25.5 Å². The molecule has 0 aliphatic carbocycles. The number of carbonyl (C=O) groups excluding carboxylic acids is 1. The maximum absolute atomic E-state index is 11.8. The van der Waals surface area contributed by atoms with Crippen LogP contribution < -0.4 is 0 Å². The van der Waals surface area contributed by atoms with Crippen molar-refractivity contribution in [2.75, 3.05) is 6.61 Å². The first-order valence-corrected chi connectivity index (χ1v) is 5.99. The smallest absolute Gasteiger partial charge is 0.356 e. The molecule has 1 atom stereocenters. The highest BCUT2D eigenvalue weighted by molar-refractivity contribution is 5.88. The standard InChI is InChI=1S/C13H14N2O3/c1-3-17-13(16)11-5-14-12-4-9-7-18-8(2)10(9)6-15(11)12/h4-6,8H,3,7H2,1-2H3. The summed E-state index contributed by atoms with van der Waals surface area (Å²) in [4.78, 5) is 16.0. The molecule has 1 aliphatic rings. The number of rotatable bonds is 2. The maximum atomic E-state index is 11.8. The fourth-order valence-corrected chi connectivity index (χ4v) is 2.23. The number of carbonyl (C=O) groups is 1. The number of nitrogens with zero attached hydrogens (tertiary/aromatic N) is 2. The van der Waals surface area contributed by atoms with Gasteiger partial charge in [0.25, 0.3) is 0 Å². The first kappa shape index (κ1) is 11.2. The van der Waals surface area contributed by atoms with E-state index in [-0.39, 0.29) is 12.1 Å². The van der Waals surface area contributed by atoms with E-state index in [1.165, 1.54) is 0 Å². The molecular weight excluding hydrogens is 232 g/mol. The predicted octanol–water partition coefficient (Wildman–Crippen LogP) is 2.10. The Morgan fingerprint density at radius 3 is 3.28 bits per heavy atom. The Bertz CT molecular complexity index is 618. The van der Waals surface area contributed by atoms with Crippen LogP contribution in [0.5, 0.6) is 0 Å². The van der Waals surface area contributed by atoms with Crippen LogP contribution in [0, 0.1) is 0 Å². The van der Waals surface area contributed by atoms with Crippen molar-refractivity contribution in [3.05, 3.63) is 35.3 Å². The first-order valence-electron chi connectivity index (χ1n) is 5.99. The second-order valence-electron chi connectivity index (χ2n) is 4.30. The molecule has 0 N–H and O–H groups in total. The molecule has 5 nitrogen and oxygen atoms in total. The molecule has 0 amide bonds. The second kappa shape index (κ2) is 4.10. The van der Waals surface area contributed by atoms with Gasteiger partial charge in [-0.3, -0.25) is 4.40 Å². The van der Waals surface area contributed by atoms with Gasteiger partial charge < -0.3 is 9.47 Å². The van der Waals surface area contributed by atoms with Crippen molar-refractivity contribution in [2.24, 2.45) is 0 Å². The summed E-state index contributed by atoms with van der Waals surface area (Å²) in [5.74, 6) is -0.350. The summed E-state index contributed by atoms with van der Waals surface area (Å²) in [5.41, 5.74) is 3.44. The van der Waals surface area contributed by atoms with Crippen LogP contribution in [0.4, 0.5) is 0 Å². The first-order chi connectivity index (χ1) is 8.70. The van der Waals surface area contributed by atoms with E-state index in [2.05, 4.69) is 4.98 Å². The summed E-state index contributed by atoms with van der Waals surface area (Å²) in [6, 6.07) is 1.96. The lowest BCUT2D eigenvalue weighted by molar-refractivity contribution is 0.0518. The maximum Gasteiger partial charge on any atom is 0.356 e. The lowest BCUT2D eigenvalue weighted by Gasteiger charge is -2.06. The van der Waals surface area contributed by atoms with Crippen molar-refractivity contribution in [3.8, 4) is 0 Å². The van der Waals surface area contributed by atoms with Crippen molar-refractivity contribution < 1.29 is 14.3 Å². The molecule has 0 saturated carbocycles. The minimum Gasteiger partial charge on any atom is -0.461 e. The lowest BCUT2D eigenvalue weighted by Crippen LogP contribution is -2.08. The van der Waals surface area contributed by atoms with Crippen LogP contribution in [0.25, 0.3) is 5.65 Å². The topological polar surface area (TPSA) is 52.8 Å². The van der Waals surface area contributed by atoms with Crippen LogP contribution in [-0.2, 0) is 16.1 Å². The Hall–Kier alpha value is -1.88. The van der Waals surface area contributed by atoms with E-state index < -0.39 is 0 Å². The van der Waals surface area contributed by atoms with Crippen molar-refractivity contribution in [3.63, 3.8) is 0 Å². The van der Waals surface area contributed by atoms with Crippen molar-refractivity contribution in [1.29, 1.82) is 0 Å². The van der Waals surface area contributed by atoms with E-state index >= 15 is 0 Å². The quantitative estimate of drug-likeness (QED) is 0.761. The molecule has 5 heteroatoms. The highest BCUT2D eigenvalue weighted by Gasteiger charge is 2.22. The van der Waals surface area contributed by atoms with Crippen LogP contribution in [-0.4, -0.2) is 22.0 Å². The van der Waals surface area contributed by atoms with Gasteiger partial charge in [-0.25, -0.2) is 9.78 Å². The Labute approximate surface area is 104 Å². The third-order valence-electron chi connectivity index (χ3n) is 3.18. The molecule has 0 aromatic carbocycles. The number of esters is 1. The molecule has 3 rings (SSSR count). The molecule has 0 fully saturated rings. The highest BCUT2D eigenvalue weighted by atomic mass is 16.5. The summed E-state index contributed by atoms with van der Waals surface area (Å²) >= 11 is 0. The SMILES string of the molecule is CCOC(=O)c1cnc2cc3c(cn12)C(C)OC3. The number of imidazole rings is 1. The Morgan fingerprint density at radius 1 is 1.67 bits per heavy atom. The number of hydrogen-bond acceptors (Lipinski definition) is 4. The van der Waals surface area contributed by atoms with Crippen LogP contribution in [0.1, 0.15) is 41.6 Å². The molecule has 3 heterocycles. The Balaban J connectivity index is 2.13. The normalized spacial score (nSPS) is 18.0. The van der Waals surface area contributed by atoms with E-state index in [0.717, 1.165) is 16.8 Å². The van der Waals surface area contributed by atoms with E-state index in [9.17, 15) is 4.79 Å². The van der Waals surface area contributed by atoms with Gasteiger partial charge in [-0.05, 0) is 25.5 Å². The van der Waals surface area contributed by atoms with Crippen LogP contribution in [0.3, 0.4) is 0 Å². The number of aromatic nitrogens is 2. The number of pyridine rings is 1. The number of hydrogen-bond donors (Lipinski definition) is 0. The second-order valence-corrected chi connectivity index (χ2v) is 4.30. The lowest BCUT2D eigenvalue weighted by atomic mass is 10.1. The highest BCUT2D eigenvalue weighted by Crippen LogP contribution is 2.30. The van der Waals surface area contributed by atoms with Gasteiger partial charge in [-0.1, -0.05) is 0 Å². The molecule has 18 heavy (non-hydrogen) atoms. The summed E-state index contributed by atoms with van der Waals surface area (Å²) < 4.78 is 12.3. The molecule has 1 aliphatic heterocycles. The van der Waals surface area contributed by atoms with Gasteiger partial charge in [0.2, 0.25) is 0 Å². The van der Waals surface area contributed by atoms with Crippen LogP contribution in [0.2, 0.25) is 0 Å². The van der Waals surface area contributed by atoms with Crippen molar-refractivity contribution in [1.82, 2.24) is 9.38 Å². The molecule has 2 aromatic rings. The number of fused-ring (bicyclic) bond motifs is 2. The van der Waals surface area contributed by atoms with E-state index in [1.807, 2.05) is 19.2 Å². The number of ether oxygens (including phenoxy) is 2. The summed E-state index contributed by atoms with van der Waals surface area (Å²) in [6.45, 7) is 4.75. The fraction of sp³-hybridized carbons (Fsp3) is 0.385. The monoisotopic (exact) mass is 246 g/mol. The van der Waals surface area contributed by atoms with E-state index in [0.29, 0.717) is 18.9 Å². The predicted molar refractivity (Wildman–Crippen MR) is 64.4 cm³/mol. The molecule has 1 unspecified atom stereocenters. The van der Waals surface area contributed by atoms with Gasteiger partial charge in [-0.2, -0.15) is 0 Å². The van der Waals surface area contributed by atoms with Crippen LogP contribution in [0.15, 0.2) is 18.5 Å². The third kappa shape index (κ3) is 1.59. The van der Waals surface area contributed by atoms with Crippen molar-refractivity contribution >= 4 is 11.6 Å². The zero-order valence-corrected chi connectivity index (χ0v) is 10.3. The van der Waals surface area contributed by atoms with Gasteiger partial charge in [0.1, 0.15) is 5.65 Å². The summed E-state index contributed by atoms with van der Waals surface area (Å²) in [5, 5.41) is 0. The summed E-state index contributed by atoms with van der Waals surface area (Å²) in [7, 11) is 0. The molecule has 0 bridgehead atoms. The summed E-state index contributed by atoms with van der Waals surface area (Å²) in [6.07, 6.45) is 3.53. The van der Waals surface area contributed by atoms with E-state index in [1.54, 1.807) is 17.5 Å². The van der Waals surface area contributed by atoms with Gasteiger partial charge in [0, 0.05) is 11.8 Å². The zero-order valence-electron chi connectivity index (χ0n) is 10.3. The molecule has 94 valence electrons. The Kier molecular flexibility index (Phi) is 2.56. The van der Waals surface area contributed by atoms with Crippen LogP contribution >= 0.6 is 0 Å². The average molecular weight is 246 g/mol. The van der Waals surface area contributed by atoms with Gasteiger partial charge >= 0.3 is 5.97 Å². The largest absolute Gasteiger partial charge is 0.461 e. The third-order valence-corrected chi connectivity index (χ3v) is 3.18. The Morgan fingerprint density at radius 2 is 2.50 bits per heavy atom. The minimum atomic E-state index is -0.350. The van der Waals surface area contributed by atoms with Crippen molar-refractivity contribution in [2.45, 2.75) is 26.6 Å². The minimum absolute atomic E-state index is 0.0573. The zero-order chi connectivity index (χ0) is 12.7. The van der Waals surface area contributed by atoms with Gasteiger partial charge in [-0.15, -0.1) is 0 Å². The van der Waals surface area contributed by atoms with E-state index in [4.69, 9.17) is 9.47 Å². The van der Waals surface area contributed by atoms with Gasteiger partial charge in [0.15, 0.2) is 5.69 Å².